The average Bonchev–Trinajstić information content (AvgIpc) is 3.17. The Morgan fingerprint density at radius 1 is 1.23 bits per heavy atom. The number of H-pyrrole nitrogens is 1. The number of likely N-dealkylation sites (tertiary alicyclic amines) is 1. The molecule has 1 fully saturated rings. The molecule has 1 amide bonds. The van der Waals surface area contributed by atoms with Crippen LogP contribution in [0, 0.1) is 5.92 Å². The summed E-state index contributed by atoms with van der Waals surface area (Å²) in [4.78, 5) is 21.7. The van der Waals surface area contributed by atoms with Crippen LogP contribution in [0.15, 0.2) is 35.5 Å². The molecule has 1 aromatic heterocycles. The number of nitrogens with one attached hydrogen (secondary N) is 3. The second kappa shape index (κ2) is 11.6. The van der Waals surface area contributed by atoms with Crippen molar-refractivity contribution < 1.29 is 4.79 Å². The predicted molar refractivity (Wildman–Crippen MR) is 124 cm³/mol. The number of para-hydroxylation sites is 1. The van der Waals surface area contributed by atoms with E-state index in [9.17, 15) is 4.79 Å². The lowest BCUT2D eigenvalue weighted by molar-refractivity contribution is -0.123. The summed E-state index contributed by atoms with van der Waals surface area (Å²) in [5.41, 5.74) is 7.92. The summed E-state index contributed by atoms with van der Waals surface area (Å²) in [5, 5.41) is 8.08. The van der Waals surface area contributed by atoms with Crippen LogP contribution in [0.4, 0.5) is 0 Å². The minimum atomic E-state index is -0.142. The largest absolute Gasteiger partial charge is 0.369 e. The lowest BCUT2D eigenvalue weighted by Crippen LogP contribution is -2.39. The minimum absolute atomic E-state index is 0.0730. The minimum Gasteiger partial charge on any atom is -0.369 e. The molecule has 1 aliphatic heterocycles. The van der Waals surface area contributed by atoms with Crippen molar-refractivity contribution >= 4 is 22.8 Å². The number of carbonyl (C=O) groups is 1. The summed E-state index contributed by atoms with van der Waals surface area (Å²) in [6, 6.07) is 8.41. The van der Waals surface area contributed by atoms with Crippen LogP contribution in [0.3, 0.4) is 0 Å². The molecule has 0 aliphatic carbocycles. The number of hydrogen-bond donors (Lipinski definition) is 4. The third-order valence-corrected chi connectivity index (χ3v) is 5.85. The van der Waals surface area contributed by atoms with Gasteiger partial charge in [-0.25, -0.2) is 0 Å². The maximum absolute atomic E-state index is 11.3. The number of carbonyl (C=O) groups excluding carboxylic acids is 1. The molecule has 0 saturated carbocycles. The average molecular weight is 413 g/mol. The van der Waals surface area contributed by atoms with Gasteiger partial charge in [0.05, 0.1) is 0 Å². The highest BCUT2D eigenvalue weighted by Crippen LogP contribution is 2.18. The first-order chi connectivity index (χ1) is 14.7. The maximum atomic E-state index is 11.3. The van der Waals surface area contributed by atoms with Crippen molar-refractivity contribution in [3.05, 3.63) is 36.0 Å². The Bertz CT molecular complexity index is 822. The molecule has 2 aromatic rings. The number of rotatable bonds is 10. The highest BCUT2D eigenvalue weighted by Gasteiger charge is 2.22. The number of nitrogens with two attached hydrogens (primary N) is 1. The van der Waals surface area contributed by atoms with Crippen molar-refractivity contribution in [1.82, 2.24) is 20.5 Å². The van der Waals surface area contributed by atoms with Crippen LogP contribution < -0.4 is 16.4 Å². The summed E-state index contributed by atoms with van der Waals surface area (Å²) in [5.74, 6) is 0.820. The summed E-state index contributed by atoms with van der Waals surface area (Å²) in [6.07, 6.45) is 7.05. The molecule has 3 rings (SSSR count). The number of nitrogens with zero attached hydrogens (tertiary/aromatic N) is 2. The topological polar surface area (TPSA) is 98.5 Å². The number of hydrogen-bond acceptors (Lipinski definition) is 3. The first kappa shape index (κ1) is 22.2. The first-order valence-corrected chi connectivity index (χ1v) is 11.3. The molecule has 1 aliphatic rings. The molecule has 1 aromatic carbocycles. The third kappa shape index (κ3) is 6.49. The van der Waals surface area contributed by atoms with Gasteiger partial charge in [-0.3, -0.25) is 9.79 Å². The summed E-state index contributed by atoms with van der Waals surface area (Å²) in [7, 11) is 0. The van der Waals surface area contributed by atoms with E-state index < -0.39 is 0 Å². The number of guanidine groups is 1. The van der Waals surface area contributed by atoms with Crippen LogP contribution in [0.5, 0.6) is 0 Å². The Kier molecular flexibility index (Phi) is 8.56. The first-order valence-electron chi connectivity index (χ1n) is 11.3. The van der Waals surface area contributed by atoms with E-state index in [1.165, 1.54) is 16.5 Å². The van der Waals surface area contributed by atoms with Gasteiger partial charge in [-0.05, 0) is 70.3 Å². The summed E-state index contributed by atoms with van der Waals surface area (Å²) in [6.45, 7) is 7.65. The number of benzene rings is 1. The summed E-state index contributed by atoms with van der Waals surface area (Å²) >= 11 is 0. The van der Waals surface area contributed by atoms with Crippen molar-refractivity contribution in [2.24, 2.45) is 16.6 Å². The molecule has 7 nitrogen and oxygen atoms in total. The zero-order valence-electron chi connectivity index (χ0n) is 18.1. The fourth-order valence-corrected chi connectivity index (χ4v) is 4.07. The van der Waals surface area contributed by atoms with Gasteiger partial charge in [-0.2, -0.15) is 0 Å². The Balaban J connectivity index is 1.34. The fourth-order valence-electron chi connectivity index (χ4n) is 4.07. The quantitative estimate of drug-likeness (QED) is 0.273. The number of fused-ring (bicyclic) bond motifs is 1. The number of unbranched alkanes of at least 4 members (excludes halogenated alkanes) is 1. The van der Waals surface area contributed by atoms with Crippen molar-refractivity contribution in [2.45, 2.75) is 39.0 Å². The number of aromatic amines is 1. The Morgan fingerprint density at radius 2 is 2.03 bits per heavy atom. The van der Waals surface area contributed by atoms with Crippen LogP contribution in [0.1, 0.15) is 38.2 Å². The van der Waals surface area contributed by atoms with Crippen LogP contribution in [-0.2, 0) is 11.2 Å². The standard InChI is InChI=1S/C23H36N6O/c1-2-25-23(27-13-9-19-17-28-21-8-4-3-7-20(19)21)26-12-5-6-14-29-15-10-18(11-16-29)22(24)30/h3-4,7-8,17-18,28H,2,5-6,9-16H2,1H3,(H2,24,30)(H2,25,26,27). The molecule has 2 heterocycles. The van der Waals surface area contributed by atoms with E-state index in [-0.39, 0.29) is 11.8 Å². The lowest BCUT2D eigenvalue weighted by atomic mass is 9.96. The molecule has 0 bridgehead atoms. The van der Waals surface area contributed by atoms with Gasteiger partial charge in [0.1, 0.15) is 0 Å². The monoisotopic (exact) mass is 412 g/mol. The van der Waals surface area contributed by atoms with Gasteiger partial charge in [0, 0.05) is 42.7 Å². The number of aromatic nitrogens is 1. The summed E-state index contributed by atoms with van der Waals surface area (Å²) < 4.78 is 0. The van der Waals surface area contributed by atoms with E-state index in [0.717, 1.165) is 77.3 Å². The number of piperidine rings is 1. The van der Waals surface area contributed by atoms with Crippen LogP contribution >= 0.6 is 0 Å². The Morgan fingerprint density at radius 3 is 2.80 bits per heavy atom. The fraction of sp³-hybridized carbons (Fsp3) is 0.565. The van der Waals surface area contributed by atoms with E-state index in [1.54, 1.807) is 0 Å². The molecule has 0 atom stereocenters. The molecular formula is C23H36N6O. The van der Waals surface area contributed by atoms with Crippen LogP contribution in [0.25, 0.3) is 10.9 Å². The molecule has 164 valence electrons. The Labute approximate surface area is 179 Å². The zero-order valence-corrected chi connectivity index (χ0v) is 18.1. The lowest BCUT2D eigenvalue weighted by Gasteiger charge is -2.30. The molecule has 0 spiro atoms. The van der Waals surface area contributed by atoms with E-state index in [4.69, 9.17) is 10.7 Å². The number of amides is 1. The van der Waals surface area contributed by atoms with E-state index in [0.29, 0.717) is 0 Å². The van der Waals surface area contributed by atoms with Gasteiger partial charge in [0.15, 0.2) is 5.96 Å². The van der Waals surface area contributed by atoms with Gasteiger partial charge in [-0.1, -0.05) is 18.2 Å². The molecule has 0 unspecified atom stereocenters. The van der Waals surface area contributed by atoms with Crippen molar-refractivity contribution in [3.8, 4) is 0 Å². The van der Waals surface area contributed by atoms with Gasteiger partial charge in [-0.15, -0.1) is 0 Å². The normalized spacial score (nSPS) is 16.1. The number of primary amides is 1. The molecule has 0 radical (unpaired) electrons. The van der Waals surface area contributed by atoms with Crippen molar-refractivity contribution in [3.63, 3.8) is 0 Å². The van der Waals surface area contributed by atoms with E-state index >= 15 is 0 Å². The third-order valence-electron chi connectivity index (χ3n) is 5.85. The van der Waals surface area contributed by atoms with Crippen molar-refractivity contribution in [2.75, 3.05) is 39.3 Å². The molecule has 7 heteroatoms. The molecular weight excluding hydrogens is 376 g/mol. The predicted octanol–water partition coefficient (Wildman–Crippen LogP) is 2.24. The van der Waals surface area contributed by atoms with Crippen LogP contribution in [0.2, 0.25) is 0 Å². The second-order valence-electron chi connectivity index (χ2n) is 8.02. The highest BCUT2D eigenvalue weighted by molar-refractivity contribution is 5.83. The van der Waals surface area contributed by atoms with Gasteiger partial charge >= 0.3 is 0 Å². The van der Waals surface area contributed by atoms with Gasteiger partial charge in [0.2, 0.25) is 5.91 Å². The maximum Gasteiger partial charge on any atom is 0.220 e. The number of aliphatic imine (C=N–C) groups is 1. The van der Waals surface area contributed by atoms with E-state index in [1.807, 2.05) is 0 Å². The van der Waals surface area contributed by atoms with Crippen molar-refractivity contribution in [1.29, 1.82) is 0 Å². The van der Waals surface area contributed by atoms with Crippen LogP contribution in [-0.4, -0.2) is 61.0 Å². The molecule has 1 saturated heterocycles. The SMILES string of the molecule is CCNC(=NCCCCN1CCC(C(N)=O)CC1)NCCc1c[nH]c2ccccc12. The highest BCUT2D eigenvalue weighted by atomic mass is 16.1. The van der Waals surface area contributed by atoms with Gasteiger partial charge < -0.3 is 26.3 Å². The smallest absolute Gasteiger partial charge is 0.220 e. The molecule has 5 N–H and O–H groups in total. The van der Waals surface area contributed by atoms with E-state index in [2.05, 4.69) is 57.9 Å². The zero-order chi connectivity index (χ0) is 21.2. The molecule has 30 heavy (non-hydrogen) atoms. The second-order valence-corrected chi connectivity index (χ2v) is 8.02. The Hall–Kier alpha value is -2.54. The van der Waals surface area contributed by atoms with Gasteiger partial charge in [0.25, 0.3) is 0 Å².